The van der Waals surface area contributed by atoms with E-state index in [0.717, 1.165) is 5.56 Å². The number of hydrogen-bond acceptors (Lipinski definition) is 3. The van der Waals surface area contributed by atoms with Gasteiger partial charge in [0.2, 0.25) is 5.78 Å². The summed E-state index contributed by atoms with van der Waals surface area (Å²) in [5.41, 5.74) is 1.20. The van der Waals surface area contributed by atoms with Crippen molar-refractivity contribution in [2.24, 2.45) is 0 Å². The quantitative estimate of drug-likeness (QED) is 0.634. The van der Waals surface area contributed by atoms with E-state index in [9.17, 15) is 14.0 Å². The fourth-order valence-electron chi connectivity index (χ4n) is 1.75. The van der Waals surface area contributed by atoms with Gasteiger partial charge in [-0.25, -0.2) is 9.18 Å². The summed E-state index contributed by atoms with van der Waals surface area (Å²) >= 11 is 0. The van der Waals surface area contributed by atoms with Crippen molar-refractivity contribution in [1.82, 2.24) is 0 Å². The van der Waals surface area contributed by atoms with Crippen LogP contribution in [0.3, 0.4) is 0 Å². The minimum atomic E-state index is -0.621. The van der Waals surface area contributed by atoms with Gasteiger partial charge in [-0.15, -0.1) is 0 Å². The first-order chi connectivity index (χ1) is 9.58. The lowest BCUT2D eigenvalue weighted by Crippen LogP contribution is -2.15. The SMILES string of the molecule is Cc1cccc(C(=O)OCC(=O)c2ccccc2F)c1. The second-order valence-electron chi connectivity index (χ2n) is 4.35. The Hall–Kier alpha value is -2.49. The second kappa shape index (κ2) is 6.10. The van der Waals surface area contributed by atoms with E-state index in [0.29, 0.717) is 5.56 Å². The molecular weight excluding hydrogens is 259 g/mol. The Morgan fingerprint density at radius 2 is 1.85 bits per heavy atom. The molecule has 0 heterocycles. The van der Waals surface area contributed by atoms with Crippen LogP contribution >= 0.6 is 0 Å². The zero-order chi connectivity index (χ0) is 14.5. The van der Waals surface area contributed by atoms with Crippen LogP contribution in [0.15, 0.2) is 48.5 Å². The maximum Gasteiger partial charge on any atom is 0.338 e. The van der Waals surface area contributed by atoms with Crippen molar-refractivity contribution in [3.63, 3.8) is 0 Å². The summed E-state index contributed by atoms with van der Waals surface area (Å²) < 4.78 is 18.3. The Morgan fingerprint density at radius 1 is 1.10 bits per heavy atom. The van der Waals surface area contributed by atoms with Crippen LogP contribution < -0.4 is 0 Å². The lowest BCUT2D eigenvalue weighted by atomic mass is 10.1. The van der Waals surface area contributed by atoms with Gasteiger partial charge in [0.25, 0.3) is 0 Å². The van der Waals surface area contributed by atoms with E-state index in [4.69, 9.17) is 4.74 Å². The van der Waals surface area contributed by atoms with E-state index in [-0.39, 0.29) is 5.56 Å². The van der Waals surface area contributed by atoms with Gasteiger partial charge >= 0.3 is 5.97 Å². The Labute approximate surface area is 116 Å². The summed E-state index contributed by atoms with van der Waals surface area (Å²) in [6.07, 6.45) is 0. The van der Waals surface area contributed by atoms with Gasteiger partial charge in [-0.05, 0) is 31.2 Å². The molecule has 2 aromatic carbocycles. The number of ether oxygens (including phenoxy) is 1. The summed E-state index contributed by atoms with van der Waals surface area (Å²) in [4.78, 5) is 23.5. The fraction of sp³-hybridized carbons (Fsp3) is 0.125. The van der Waals surface area contributed by atoms with E-state index in [2.05, 4.69) is 0 Å². The van der Waals surface area contributed by atoms with Crippen LogP contribution in [0.25, 0.3) is 0 Å². The molecule has 0 N–H and O–H groups in total. The predicted octanol–water partition coefficient (Wildman–Crippen LogP) is 3.17. The molecule has 0 spiro atoms. The highest BCUT2D eigenvalue weighted by Gasteiger charge is 2.14. The molecule has 2 rings (SSSR count). The van der Waals surface area contributed by atoms with Crippen molar-refractivity contribution in [2.45, 2.75) is 6.92 Å². The highest BCUT2D eigenvalue weighted by Crippen LogP contribution is 2.09. The Bertz CT molecular complexity index is 650. The molecule has 0 radical (unpaired) electrons. The Balaban J connectivity index is 2.01. The topological polar surface area (TPSA) is 43.4 Å². The van der Waals surface area contributed by atoms with Crippen LogP contribution in [0.4, 0.5) is 4.39 Å². The molecule has 4 heteroatoms. The lowest BCUT2D eigenvalue weighted by molar-refractivity contribution is 0.0473. The third kappa shape index (κ3) is 3.29. The predicted molar refractivity (Wildman–Crippen MR) is 72.2 cm³/mol. The van der Waals surface area contributed by atoms with Crippen LogP contribution in [0, 0.1) is 12.7 Å². The van der Waals surface area contributed by atoms with Crippen molar-refractivity contribution >= 4 is 11.8 Å². The first-order valence-electron chi connectivity index (χ1n) is 6.09. The molecule has 0 aliphatic heterocycles. The van der Waals surface area contributed by atoms with Gasteiger partial charge in [-0.3, -0.25) is 4.79 Å². The fourth-order valence-corrected chi connectivity index (χ4v) is 1.75. The number of esters is 1. The zero-order valence-corrected chi connectivity index (χ0v) is 10.9. The molecule has 0 saturated heterocycles. The number of carbonyl (C=O) groups excluding carboxylic acids is 2. The highest BCUT2D eigenvalue weighted by molar-refractivity contribution is 5.99. The summed E-state index contributed by atoms with van der Waals surface area (Å²) in [5.74, 6) is -1.79. The van der Waals surface area contributed by atoms with Crippen molar-refractivity contribution in [1.29, 1.82) is 0 Å². The van der Waals surface area contributed by atoms with Gasteiger partial charge in [0.1, 0.15) is 5.82 Å². The molecule has 0 bridgehead atoms. The molecule has 3 nitrogen and oxygen atoms in total. The van der Waals surface area contributed by atoms with E-state index in [1.807, 2.05) is 13.0 Å². The molecule has 0 amide bonds. The lowest BCUT2D eigenvalue weighted by Gasteiger charge is -2.05. The second-order valence-corrected chi connectivity index (χ2v) is 4.35. The summed E-state index contributed by atoms with van der Waals surface area (Å²) in [6.45, 7) is 1.37. The first kappa shape index (κ1) is 13.9. The van der Waals surface area contributed by atoms with Crippen LogP contribution in [-0.4, -0.2) is 18.4 Å². The van der Waals surface area contributed by atoms with E-state index in [1.54, 1.807) is 24.3 Å². The van der Waals surface area contributed by atoms with Crippen LogP contribution in [0.5, 0.6) is 0 Å². The van der Waals surface area contributed by atoms with Gasteiger partial charge < -0.3 is 4.74 Å². The summed E-state index contributed by atoms with van der Waals surface area (Å²) in [5, 5.41) is 0. The number of ketones is 1. The number of halogens is 1. The van der Waals surface area contributed by atoms with E-state index in [1.165, 1.54) is 18.2 Å². The molecule has 102 valence electrons. The summed E-state index contributed by atoms with van der Waals surface area (Å²) in [6, 6.07) is 12.4. The van der Waals surface area contributed by atoms with Gasteiger partial charge in [0.15, 0.2) is 6.61 Å². The van der Waals surface area contributed by atoms with Gasteiger partial charge in [0, 0.05) is 0 Å². The number of benzene rings is 2. The molecule has 0 aliphatic carbocycles. The third-order valence-electron chi connectivity index (χ3n) is 2.76. The molecule has 20 heavy (non-hydrogen) atoms. The van der Waals surface area contributed by atoms with Gasteiger partial charge in [-0.2, -0.15) is 0 Å². The molecule has 2 aromatic rings. The summed E-state index contributed by atoms with van der Waals surface area (Å²) in [7, 11) is 0. The molecule has 0 aromatic heterocycles. The van der Waals surface area contributed by atoms with Crippen LogP contribution in [0.2, 0.25) is 0 Å². The van der Waals surface area contributed by atoms with E-state index >= 15 is 0 Å². The highest BCUT2D eigenvalue weighted by atomic mass is 19.1. The first-order valence-corrected chi connectivity index (χ1v) is 6.09. The maximum atomic E-state index is 13.4. The number of aryl methyl sites for hydroxylation is 1. The third-order valence-corrected chi connectivity index (χ3v) is 2.76. The largest absolute Gasteiger partial charge is 0.454 e. The molecule has 0 unspecified atom stereocenters. The molecule has 0 aliphatic rings. The average molecular weight is 272 g/mol. The zero-order valence-electron chi connectivity index (χ0n) is 10.9. The van der Waals surface area contributed by atoms with Crippen LogP contribution in [-0.2, 0) is 4.74 Å². The van der Waals surface area contributed by atoms with Crippen molar-refractivity contribution in [2.75, 3.05) is 6.61 Å². The number of hydrogen-bond donors (Lipinski definition) is 0. The molecule has 0 fully saturated rings. The van der Waals surface area contributed by atoms with Gasteiger partial charge in [-0.1, -0.05) is 29.8 Å². The molecule has 0 atom stereocenters. The normalized spacial score (nSPS) is 10.1. The smallest absolute Gasteiger partial charge is 0.338 e. The average Bonchev–Trinajstić information content (AvgIpc) is 2.45. The van der Waals surface area contributed by atoms with E-state index < -0.39 is 24.2 Å². The number of rotatable bonds is 4. The Morgan fingerprint density at radius 3 is 2.55 bits per heavy atom. The Kier molecular flexibility index (Phi) is 4.25. The van der Waals surface area contributed by atoms with Gasteiger partial charge in [0.05, 0.1) is 11.1 Å². The minimum absolute atomic E-state index is 0.0791. The minimum Gasteiger partial charge on any atom is -0.454 e. The van der Waals surface area contributed by atoms with Crippen molar-refractivity contribution < 1.29 is 18.7 Å². The number of carbonyl (C=O) groups is 2. The monoisotopic (exact) mass is 272 g/mol. The molecular formula is C16H13FO3. The molecule has 0 saturated carbocycles. The van der Waals surface area contributed by atoms with Crippen molar-refractivity contribution in [3.05, 3.63) is 71.0 Å². The van der Waals surface area contributed by atoms with Crippen molar-refractivity contribution in [3.8, 4) is 0 Å². The van der Waals surface area contributed by atoms with Crippen LogP contribution in [0.1, 0.15) is 26.3 Å². The maximum absolute atomic E-state index is 13.4. The standard InChI is InChI=1S/C16H13FO3/c1-11-5-4-6-12(9-11)16(19)20-10-15(18)13-7-2-3-8-14(13)17/h2-9H,10H2,1H3. The number of Topliss-reactive ketones (excluding diaryl/α,β-unsaturated/α-hetero) is 1.